The van der Waals surface area contributed by atoms with Gasteiger partial charge in [-0.1, -0.05) is 12.1 Å². The SMILES string of the molecule is COC(=O)c1ccc(CN2CCC(CCC(=O)O)C2)cc1. The van der Waals surface area contributed by atoms with Crippen molar-refractivity contribution in [2.75, 3.05) is 20.2 Å². The molecule has 1 N–H and O–H groups in total. The van der Waals surface area contributed by atoms with Gasteiger partial charge in [-0.25, -0.2) is 4.79 Å². The van der Waals surface area contributed by atoms with Gasteiger partial charge in [-0.05, 0) is 43.0 Å². The maximum atomic E-state index is 11.4. The fourth-order valence-electron chi connectivity index (χ4n) is 2.74. The molecule has 1 heterocycles. The molecule has 21 heavy (non-hydrogen) atoms. The number of hydrogen-bond acceptors (Lipinski definition) is 4. The van der Waals surface area contributed by atoms with E-state index < -0.39 is 5.97 Å². The van der Waals surface area contributed by atoms with Gasteiger partial charge < -0.3 is 9.84 Å². The number of rotatable bonds is 6. The van der Waals surface area contributed by atoms with E-state index >= 15 is 0 Å². The van der Waals surface area contributed by atoms with Crippen molar-refractivity contribution in [2.24, 2.45) is 5.92 Å². The largest absolute Gasteiger partial charge is 0.481 e. The minimum Gasteiger partial charge on any atom is -0.481 e. The van der Waals surface area contributed by atoms with Crippen LogP contribution in [0.1, 0.15) is 35.2 Å². The first kappa shape index (κ1) is 15.5. The number of esters is 1. The monoisotopic (exact) mass is 291 g/mol. The third-order valence-electron chi connectivity index (χ3n) is 3.92. The molecule has 0 aliphatic carbocycles. The van der Waals surface area contributed by atoms with E-state index in [4.69, 9.17) is 5.11 Å². The predicted octanol–water partition coefficient (Wildman–Crippen LogP) is 2.16. The first-order valence-corrected chi connectivity index (χ1v) is 7.20. The van der Waals surface area contributed by atoms with Crippen LogP contribution in [0.3, 0.4) is 0 Å². The lowest BCUT2D eigenvalue weighted by molar-refractivity contribution is -0.137. The summed E-state index contributed by atoms with van der Waals surface area (Å²) in [5.74, 6) is -0.557. The smallest absolute Gasteiger partial charge is 0.337 e. The number of nitrogens with zero attached hydrogens (tertiary/aromatic N) is 1. The quantitative estimate of drug-likeness (QED) is 0.814. The Morgan fingerprint density at radius 2 is 2.05 bits per heavy atom. The zero-order valence-corrected chi connectivity index (χ0v) is 12.2. The normalized spacial score (nSPS) is 18.6. The fourth-order valence-corrected chi connectivity index (χ4v) is 2.74. The average molecular weight is 291 g/mol. The van der Waals surface area contributed by atoms with Gasteiger partial charge in [-0.2, -0.15) is 0 Å². The van der Waals surface area contributed by atoms with Gasteiger partial charge in [0.15, 0.2) is 0 Å². The molecule has 0 saturated carbocycles. The molecule has 114 valence electrons. The summed E-state index contributed by atoms with van der Waals surface area (Å²) >= 11 is 0. The van der Waals surface area contributed by atoms with E-state index in [9.17, 15) is 9.59 Å². The lowest BCUT2D eigenvalue weighted by atomic mass is 10.0. The number of benzene rings is 1. The van der Waals surface area contributed by atoms with E-state index in [1.165, 1.54) is 7.11 Å². The zero-order valence-electron chi connectivity index (χ0n) is 12.2. The highest BCUT2D eigenvalue weighted by Gasteiger charge is 2.22. The van der Waals surface area contributed by atoms with Gasteiger partial charge in [-0.15, -0.1) is 0 Å². The third kappa shape index (κ3) is 4.56. The molecule has 0 bridgehead atoms. The van der Waals surface area contributed by atoms with E-state index in [-0.39, 0.29) is 12.4 Å². The van der Waals surface area contributed by atoms with E-state index in [1.54, 1.807) is 12.1 Å². The van der Waals surface area contributed by atoms with Crippen LogP contribution in [0, 0.1) is 5.92 Å². The topological polar surface area (TPSA) is 66.8 Å². The number of aliphatic carboxylic acids is 1. The molecule has 0 aromatic heterocycles. The van der Waals surface area contributed by atoms with Crippen LogP contribution in [0.4, 0.5) is 0 Å². The Bertz CT molecular complexity index is 498. The molecule has 1 unspecified atom stereocenters. The summed E-state index contributed by atoms with van der Waals surface area (Å²) in [5.41, 5.74) is 1.71. The second-order valence-electron chi connectivity index (χ2n) is 5.51. The first-order chi connectivity index (χ1) is 10.1. The highest BCUT2D eigenvalue weighted by molar-refractivity contribution is 5.89. The molecule has 5 heteroatoms. The number of carboxylic acid groups (broad SMARTS) is 1. The van der Waals surface area contributed by atoms with Crippen LogP contribution in [0.25, 0.3) is 0 Å². The summed E-state index contributed by atoms with van der Waals surface area (Å²) in [6, 6.07) is 7.44. The van der Waals surface area contributed by atoms with Gasteiger partial charge in [0.05, 0.1) is 12.7 Å². The van der Waals surface area contributed by atoms with Crippen molar-refractivity contribution < 1.29 is 19.4 Å². The van der Waals surface area contributed by atoms with E-state index in [2.05, 4.69) is 9.64 Å². The lowest BCUT2D eigenvalue weighted by Gasteiger charge is -2.16. The molecule has 1 aromatic carbocycles. The Labute approximate surface area is 124 Å². The summed E-state index contributed by atoms with van der Waals surface area (Å²) in [6.07, 6.45) is 2.08. The number of hydrogen-bond donors (Lipinski definition) is 1. The number of carbonyl (C=O) groups is 2. The number of carbonyl (C=O) groups excluding carboxylic acids is 1. The van der Waals surface area contributed by atoms with Crippen LogP contribution in [0.2, 0.25) is 0 Å². The molecule has 1 aliphatic rings. The Morgan fingerprint density at radius 3 is 2.67 bits per heavy atom. The molecule has 0 spiro atoms. The molecule has 1 aliphatic heterocycles. The van der Waals surface area contributed by atoms with Crippen molar-refractivity contribution in [2.45, 2.75) is 25.8 Å². The second-order valence-corrected chi connectivity index (χ2v) is 5.51. The highest BCUT2D eigenvalue weighted by atomic mass is 16.5. The minimum atomic E-state index is -0.716. The molecule has 1 aromatic rings. The van der Waals surface area contributed by atoms with Gasteiger partial charge in [0.2, 0.25) is 0 Å². The number of carboxylic acids is 1. The van der Waals surface area contributed by atoms with Crippen molar-refractivity contribution in [1.29, 1.82) is 0 Å². The van der Waals surface area contributed by atoms with Crippen molar-refractivity contribution >= 4 is 11.9 Å². The summed E-state index contributed by atoms with van der Waals surface area (Å²) < 4.78 is 4.67. The summed E-state index contributed by atoms with van der Waals surface area (Å²) in [5, 5.41) is 8.71. The molecule has 1 fully saturated rings. The molecule has 1 atom stereocenters. The van der Waals surface area contributed by atoms with Gasteiger partial charge in [0, 0.05) is 19.5 Å². The van der Waals surface area contributed by atoms with Gasteiger partial charge in [0.1, 0.15) is 0 Å². The second kappa shape index (κ2) is 7.22. The van der Waals surface area contributed by atoms with E-state index in [1.807, 2.05) is 12.1 Å². The van der Waals surface area contributed by atoms with Crippen LogP contribution in [-0.2, 0) is 16.1 Å². The number of likely N-dealkylation sites (tertiary alicyclic amines) is 1. The van der Waals surface area contributed by atoms with Crippen LogP contribution in [0.5, 0.6) is 0 Å². The van der Waals surface area contributed by atoms with Gasteiger partial charge in [-0.3, -0.25) is 9.69 Å². The average Bonchev–Trinajstić information content (AvgIpc) is 2.92. The number of ether oxygens (including phenoxy) is 1. The van der Waals surface area contributed by atoms with Crippen LogP contribution in [0.15, 0.2) is 24.3 Å². The maximum absolute atomic E-state index is 11.4. The van der Waals surface area contributed by atoms with Crippen LogP contribution in [-0.4, -0.2) is 42.1 Å². The lowest BCUT2D eigenvalue weighted by Crippen LogP contribution is -2.20. The maximum Gasteiger partial charge on any atom is 0.337 e. The highest BCUT2D eigenvalue weighted by Crippen LogP contribution is 2.22. The van der Waals surface area contributed by atoms with Crippen molar-refractivity contribution in [1.82, 2.24) is 4.90 Å². The molecule has 2 rings (SSSR count). The Balaban J connectivity index is 1.83. The summed E-state index contributed by atoms with van der Waals surface area (Å²) in [6.45, 7) is 2.79. The van der Waals surface area contributed by atoms with Crippen molar-refractivity contribution in [3.63, 3.8) is 0 Å². The molecular weight excluding hydrogens is 270 g/mol. The molecule has 1 saturated heterocycles. The standard InChI is InChI=1S/C16H21NO4/c1-21-16(20)14-5-2-12(3-6-14)10-17-9-8-13(11-17)4-7-15(18)19/h2-3,5-6,13H,4,7-11H2,1H3,(H,18,19). The van der Waals surface area contributed by atoms with Crippen LogP contribution < -0.4 is 0 Å². The van der Waals surface area contributed by atoms with E-state index in [0.717, 1.165) is 38.0 Å². The Kier molecular flexibility index (Phi) is 5.33. The van der Waals surface area contributed by atoms with E-state index in [0.29, 0.717) is 11.5 Å². The first-order valence-electron chi connectivity index (χ1n) is 7.20. The molecule has 0 amide bonds. The zero-order chi connectivity index (χ0) is 15.2. The number of methoxy groups -OCH3 is 1. The third-order valence-corrected chi connectivity index (χ3v) is 3.92. The fraction of sp³-hybridized carbons (Fsp3) is 0.500. The molecular formula is C16H21NO4. The molecule has 0 radical (unpaired) electrons. The van der Waals surface area contributed by atoms with Crippen LogP contribution >= 0.6 is 0 Å². The van der Waals surface area contributed by atoms with Crippen molar-refractivity contribution in [3.05, 3.63) is 35.4 Å². The molecule has 5 nitrogen and oxygen atoms in total. The van der Waals surface area contributed by atoms with Gasteiger partial charge in [0.25, 0.3) is 0 Å². The van der Waals surface area contributed by atoms with Gasteiger partial charge >= 0.3 is 11.9 Å². The van der Waals surface area contributed by atoms with Crippen molar-refractivity contribution in [3.8, 4) is 0 Å². The Hall–Kier alpha value is -1.88. The predicted molar refractivity (Wildman–Crippen MR) is 78.0 cm³/mol. The Morgan fingerprint density at radius 1 is 1.33 bits per heavy atom. The minimum absolute atomic E-state index is 0.256. The summed E-state index contributed by atoms with van der Waals surface area (Å²) in [4.78, 5) is 24.3. The summed E-state index contributed by atoms with van der Waals surface area (Å²) in [7, 11) is 1.37.